The van der Waals surface area contributed by atoms with Crippen molar-refractivity contribution in [3.8, 4) is 5.75 Å². The van der Waals surface area contributed by atoms with Crippen molar-refractivity contribution in [1.29, 1.82) is 0 Å². The van der Waals surface area contributed by atoms with Gasteiger partial charge in [0.15, 0.2) is 0 Å². The van der Waals surface area contributed by atoms with Crippen LogP contribution in [0.1, 0.15) is 57.8 Å². The Morgan fingerprint density at radius 2 is 1.38 bits per heavy atom. The second-order valence-electron chi connectivity index (χ2n) is 5.30. The van der Waals surface area contributed by atoms with Gasteiger partial charge in [-0.1, -0.05) is 68.3 Å². The van der Waals surface area contributed by atoms with E-state index in [1.807, 2.05) is 30.3 Å². The molecule has 0 aromatic heterocycles. The predicted molar refractivity (Wildman–Crippen MR) is 87.5 cm³/mol. The van der Waals surface area contributed by atoms with Crippen molar-refractivity contribution < 1.29 is 4.74 Å². The molecule has 0 heterocycles. The molecule has 0 saturated carbocycles. The van der Waals surface area contributed by atoms with Crippen LogP contribution in [0.2, 0.25) is 0 Å². The standard InChI is InChI=1S/C17H27N3O/c18-20-19-15-11-6-4-2-1-3-5-7-12-16-21-17-13-9-8-10-14-17/h8-10,13-14H,1-7,11-12,15-16H2. The Hall–Kier alpha value is -1.67. The summed E-state index contributed by atoms with van der Waals surface area (Å²) in [7, 11) is 0. The summed E-state index contributed by atoms with van der Waals surface area (Å²) in [5.74, 6) is 0.971. The van der Waals surface area contributed by atoms with Gasteiger partial charge in [0.25, 0.3) is 0 Å². The summed E-state index contributed by atoms with van der Waals surface area (Å²) >= 11 is 0. The van der Waals surface area contributed by atoms with E-state index in [4.69, 9.17) is 10.3 Å². The molecule has 0 N–H and O–H groups in total. The van der Waals surface area contributed by atoms with E-state index in [1.54, 1.807) is 0 Å². The van der Waals surface area contributed by atoms with Gasteiger partial charge in [0, 0.05) is 11.5 Å². The molecule has 0 saturated heterocycles. The highest BCUT2D eigenvalue weighted by Crippen LogP contribution is 2.12. The van der Waals surface area contributed by atoms with Gasteiger partial charge in [0.1, 0.15) is 5.75 Å². The van der Waals surface area contributed by atoms with Crippen molar-refractivity contribution in [2.75, 3.05) is 13.2 Å². The molecule has 4 nitrogen and oxygen atoms in total. The van der Waals surface area contributed by atoms with Crippen molar-refractivity contribution in [2.45, 2.75) is 57.8 Å². The van der Waals surface area contributed by atoms with Gasteiger partial charge in [0.2, 0.25) is 0 Å². The van der Waals surface area contributed by atoms with Crippen molar-refractivity contribution in [2.24, 2.45) is 5.11 Å². The Morgan fingerprint density at radius 1 is 0.810 bits per heavy atom. The first kappa shape index (κ1) is 17.4. The monoisotopic (exact) mass is 289 g/mol. The van der Waals surface area contributed by atoms with Crippen LogP contribution in [0.15, 0.2) is 35.4 Å². The topological polar surface area (TPSA) is 58.0 Å². The summed E-state index contributed by atoms with van der Waals surface area (Å²) in [6.45, 7) is 1.47. The highest BCUT2D eigenvalue weighted by Gasteiger charge is 1.94. The van der Waals surface area contributed by atoms with Crippen molar-refractivity contribution in [3.05, 3.63) is 40.8 Å². The molecule has 1 aromatic rings. The summed E-state index contributed by atoms with van der Waals surface area (Å²) in [6, 6.07) is 10.0. The summed E-state index contributed by atoms with van der Waals surface area (Å²) < 4.78 is 5.66. The highest BCUT2D eigenvalue weighted by atomic mass is 16.5. The number of hydrogen-bond acceptors (Lipinski definition) is 2. The number of azide groups is 1. The lowest BCUT2D eigenvalue weighted by molar-refractivity contribution is 0.304. The first-order valence-corrected chi connectivity index (χ1v) is 8.12. The average molecular weight is 289 g/mol. The Morgan fingerprint density at radius 3 is 2.00 bits per heavy atom. The van der Waals surface area contributed by atoms with E-state index in [2.05, 4.69) is 10.0 Å². The fourth-order valence-electron chi connectivity index (χ4n) is 2.27. The van der Waals surface area contributed by atoms with E-state index < -0.39 is 0 Å². The van der Waals surface area contributed by atoms with Crippen LogP contribution in [0.3, 0.4) is 0 Å². The summed E-state index contributed by atoms with van der Waals surface area (Å²) in [4.78, 5) is 2.75. The Labute approximate surface area is 128 Å². The maximum atomic E-state index is 8.14. The largest absolute Gasteiger partial charge is 0.494 e. The maximum absolute atomic E-state index is 8.14. The van der Waals surface area contributed by atoms with Gasteiger partial charge in [0.05, 0.1) is 6.61 Å². The van der Waals surface area contributed by atoms with E-state index in [9.17, 15) is 0 Å². The lowest BCUT2D eigenvalue weighted by Crippen LogP contribution is -1.96. The Kier molecular flexibility index (Phi) is 11.0. The van der Waals surface area contributed by atoms with Gasteiger partial charge in [-0.3, -0.25) is 0 Å². The Balaban J connectivity index is 1.77. The minimum atomic E-state index is 0.651. The van der Waals surface area contributed by atoms with Crippen LogP contribution in [0.25, 0.3) is 10.4 Å². The third-order valence-corrected chi connectivity index (χ3v) is 3.48. The number of nitrogens with zero attached hydrogens (tertiary/aromatic N) is 3. The smallest absolute Gasteiger partial charge is 0.119 e. The van der Waals surface area contributed by atoms with Crippen LogP contribution in [-0.4, -0.2) is 13.2 Å². The van der Waals surface area contributed by atoms with Crippen molar-refractivity contribution in [3.63, 3.8) is 0 Å². The number of hydrogen-bond donors (Lipinski definition) is 0. The number of ether oxygens (including phenoxy) is 1. The van der Waals surface area contributed by atoms with Crippen LogP contribution in [0.5, 0.6) is 5.75 Å². The van der Waals surface area contributed by atoms with E-state index in [0.29, 0.717) is 6.54 Å². The van der Waals surface area contributed by atoms with Crippen LogP contribution in [-0.2, 0) is 0 Å². The second kappa shape index (κ2) is 13.3. The summed E-state index contributed by atoms with van der Waals surface area (Å²) in [5, 5.41) is 3.54. The molecule has 0 amide bonds. The van der Waals surface area contributed by atoms with Crippen LogP contribution >= 0.6 is 0 Å². The molecule has 116 valence electrons. The van der Waals surface area contributed by atoms with E-state index >= 15 is 0 Å². The quantitative estimate of drug-likeness (QED) is 0.193. The number of para-hydroxylation sites is 1. The first-order chi connectivity index (χ1) is 10.4. The fraction of sp³-hybridized carbons (Fsp3) is 0.647. The predicted octanol–water partition coefficient (Wildman–Crippen LogP) is 5.89. The third-order valence-electron chi connectivity index (χ3n) is 3.48. The average Bonchev–Trinajstić information content (AvgIpc) is 2.53. The summed E-state index contributed by atoms with van der Waals surface area (Å²) in [6.07, 6.45) is 11.1. The fourth-order valence-corrected chi connectivity index (χ4v) is 2.27. The summed E-state index contributed by atoms with van der Waals surface area (Å²) in [5.41, 5.74) is 8.14. The zero-order valence-corrected chi connectivity index (χ0v) is 12.9. The zero-order valence-electron chi connectivity index (χ0n) is 12.9. The Bertz CT molecular complexity index is 388. The van der Waals surface area contributed by atoms with E-state index in [1.165, 1.54) is 44.9 Å². The molecule has 0 spiro atoms. The molecule has 21 heavy (non-hydrogen) atoms. The van der Waals surface area contributed by atoms with Crippen LogP contribution in [0, 0.1) is 0 Å². The molecule has 1 rings (SSSR count). The normalized spacial score (nSPS) is 10.1. The van der Waals surface area contributed by atoms with Crippen LogP contribution < -0.4 is 4.74 Å². The molecule has 0 bridgehead atoms. The van der Waals surface area contributed by atoms with Gasteiger partial charge in [-0.25, -0.2) is 0 Å². The first-order valence-electron chi connectivity index (χ1n) is 8.12. The van der Waals surface area contributed by atoms with E-state index in [-0.39, 0.29) is 0 Å². The molecule has 0 unspecified atom stereocenters. The molecule has 1 aromatic carbocycles. The third kappa shape index (κ3) is 10.7. The number of benzene rings is 1. The van der Waals surface area contributed by atoms with Gasteiger partial charge < -0.3 is 4.74 Å². The highest BCUT2D eigenvalue weighted by molar-refractivity contribution is 5.20. The maximum Gasteiger partial charge on any atom is 0.119 e. The van der Waals surface area contributed by atoms with Gasteiger partial charge >= 0.3 is 0 Å². The van der Waals surface area contributed by atoms with Crippen LogP contribution in [0.4, 0.5) is 0 Å². The SMILES string of the molecule is [N-]=[N+]=NCCCCCCCCCCCOc1ccccc1. The molecule has 0 fully saturated rings. The number of rotatable bonds is 13. The lowest BCUT2D eigenvalue weighted by atomic mass is 10.1. The van der Waals surface area contributed by atoms with Gasteiger partial charge in [-0.05, 0) is 30.5 Å². The van der Waals surface area contributed by atoms with E-state index in [0.717, 1.165) is 25.2 Å². The zero-order chi connectivity index (χ0) is 15.0. The second-order valence-corrected chi connectivity index (χ2v) is 5.30. The minimum absolute atomic E-state index is 0.651. The lowest BCUT2D eigenvalue weighted by Gasteiger charge is -2.05. The molecule has 0 aliphatic carbocycles. The minimum Gasteiger partial charge on any atom is -0.494 e. The van der Waals surface area contributed by atoms with Gasteiger partial charge in [-0.2, -0.15) is 0 Å². The molecular weight excluding hydrogens is 262 g/mol. The molecule has 0 aliphatic rings. The van der Waals surface area contributed by atoms with Crippen molar-refractivity contribution in [1.82, 2.24) is 0 Å². The van der Waals surface area contributed by atoms with Gasteiger partial charge in [-0.15, -0.1) is 0 Å². The molecular formula is C17H27N3O. The molecule has 0 aliphatic heterocycles. The van der Waals surface area contributed by atoms with Crippen molar-refractivity contribution >= 4 is 0 Å². The molecule has 0 atom stereocenters. The molecule has 0 radical (unpaired) electrons. The number of unbranched alkanes of at least 4 members (excludes halogenated alkanes) is 8. The molecule has 4 heteroatoms.